The fourth-order valence-corrected chi connectivity index (χ4v) is 3.41. The summed E-state index contributed by atoms with van der Waals surface area (Å²) in [4.78, 5) is 18.6. The molecule has 2 aliphatic heterocycles. The Kier molecular flexibility index (Phi) is 5.68. The van der Waals surface area contributed by atoms with Crippen molar-refractivity contribution < 1.29 is 9.18 Å². The molecule has 1 aromatic rings. The summed E-state index contributed by atoms with van der Waals surface area (Å²) in [5, 5.41) is 2.82. The summed E-state index contributed by atoms with van der Waals surface area (Å²) in [6, 6.07) is 5.00. The Labute approximate surface area is 143 Å². The first-order valence-corrected chi connectivity index (χ1v) is 8.87. The largest absolute Gasteiger partial charge is 0.367 e. The molecule has 6 heteroatoms. The van der Waals surface area contributed by atoms with Gasteiger partial charge in [-0.2, -0.15) is 0 Å². The highest BCUT2D eigenvalue weighted by atomic mass is 19.1. The molecule has 0 atom stereocenters. The lowest BCUT2D eigenvalue weighted by Gasteiger charge is -2.34. The maximum absolute atomic E-state index is 14.4. The Bertz CT molecular complexity index is 566. The van der Waals surface area contributed by atoms with Crippen LogP contribution < -0.4 is 10.2 Å². The molecule has 2 fully saturated rings. The van der Waals surface area contributed by atoms with Gasteiger partial charge in [0.05, 0.1) is 12.2 Å². The molecule has 2 saturated heterocycles. The van der Waals surface area contributed by atoms with Gasteiger partial charge in [0.15, 0.2) is 0 Å². The summed E-state index contributed by atoms with van der Waals surface area (Å²) in [6.07, 6.45) is 3.56. The number of likely N-dealkylation sites (N-methyl/N-ethyl adjacent to an activating group) is 1. The third-order valence-corrected chi connectivity index (χ3v) is 4.89. The van der Waals surface area contributed by atoms with Crippen LogP contribution in [-0.4, -0.2) is 68.6 Å². The zero-order chi connectivity index (χ0) is 16.9. The van der Waals surface area contributed by atoms with Crippen LogP contribution in [-0.2, 0) is 4.79 Å². The number of nitrogens with zero attached hydrogens (tertiary/aromatic N) is 3. The van der Waals surface area contributed by atoms with Crippen molar-refractivity contribution in [1.82, 2.24) is 9.80 Å². The van der Waals surface area contributed by atoms with E-state index in [0.717, 1.165) is 52.1 Å². The molecule has 0 bridgehead atoms. The van der Waals surface area contributed by atoms with Crippen LogP contribution >= 0.6 is 0 Å². The molecule has 5 nitrogen and oxygen atoms in total. The van der Waals surface area contributed by atoms with Crippen LogP contribution in [0.1, 0.15) is 19.3 Å². The first-order chi connectivity index (χ1) is 11.6. The fourth-order valence-electron chi connectivity index (χ4n) is 3.41. The second kappa shape index (κ2) is 7.94. The topological polar surface area (TPSA) is 38.8 Å². The zero-order valence-corrected chi connectivity index (χ0v) is 14.4. The quantitative estimate of drug-likeness (QED) is 0.914. The molecule has 2 heterocycles. The molecule has 132 valence electrons. The number of carbonyl (C=O) groups is 1. The molecule has 1 amide bonds. The summed E-state index contributed by atoms with van der Waals surface area (Å²) in [6.45, 7) is 5.87. The Morgan fingerprint density at radius 1 is 1.08 bits per heavy atom. The molecule has 3 rings (SSSR count). The minimum absolute atomic E-state index is 0.0661. The number of rotatable bonds is 4. The second-order valence-electron chi connectivity index (χ2n) is 6.84. The number of piperazine rings is 1. The fraction of sp³-hybridized carbons (Fsp3) is 0.611. The molecule has 2 aliphatic rings. The minimum Gasteiger partial charge on any atom is -0.367 e. The van der Waals surface area contributed by atoms with Crippen molar-refractivity contribution in [2.45, 2.75) is 19.3 Å². The van der Waals surface area contributed by atoms with E-state index >= 15 is 0 Å². The van der Waals surface area contributed by atoms with Crippen LogP contribution in [0, 0.1) is 5.82 Å². The third-order valence-electron chi connectivity index (χ3n) is 4.89. The molecule has 0 radical (unpaired) electrons. The Balaban J connectivity index is 1.56. The van der Waals surface area contributed by atoms with Crippen LogP contribution in [0.3, 0.4) is 0 Å². The van der Waals surface area contributed by atoms with Gasteiger partial charge in [-0.05, 0) is 51.2 Å². The van der Waals surface area contributed by atoms with Gasteiger partial charge in [0, 0.05) is 31.9 Å². The average Bonchev–Trinajstić information content (AvgIpc) is 2.57. The van der Waals surface area contributed by atoms with E-state index in [1.54, 1.807) is 12.1 Å². The van der Waals surface area contributed by atoms with E-state index in [1.807, 2.05) is 0 Å². The predicted octanol–water partition coefficient (Wildman–Crippen LogP) is 2.00. The lowest BCUT2D eigenvalue weighted by atomic mass is 10.1. The van der Waals surface area contributed by atoms with Crippen LogP contribution in [0.15, 0.2) is 18.2 Å². The number of nitrogens with one attached hydrogen (secondary N) is 1. The molecule has 0 aromatic heterocycles. The van der Waals surface area contributed by atoms with Crippen LogP contribution in [0.25, 0.3) is 0 Å². The average molecular weight is 334 g/mol. The summed E-state index contributed by atoms with van der Waals surface area (Å²) in [5.41, 5.74) is 1.16. The van der Waals surface area contributed by atoms with E-state index in [4.69, 9.17) is 0 Å². The number of halogens is 1. The van der Waals surface area contributed by atoms with Crippen molar-refractivity contribution in [2.75, 3.05) is 63.1 Å². The van der Waals surface area contributed by atoms with Crippen molar-refractivity contribution in [3.63, 3.8) is 0 Å². The SMILES string of the molecule is CN1CCN(c2ccc(NC(=O)CN3CCCCC3)cc2F)CC1. The summed E-state index contributed by atoms with van der Waals surface area (Å²) < 4.78 is 14.4. The van der Waals surface area contributed by atoms with Crippen molar-refractivity contribution in [2.24, 2.45) is 0 Å². The maximum Gasteiger partial charge on any atom is 0.238 e. The van der Waals surface area contributed by atoms with Gasteiger partial charge in [-0.15, -0.1) is 0 Å². The molecular weight excluding hydrogens is 307 g/mol. The lowest BCUT2D eigenvalue weighted by molar-refractivity contribution is -0.117. The first kappa shape index (κ1) is 17.2. The van der Waals surface area contributed by atoms with Gasteiger partial charge in [0.25, 0.3) is 0 Å². The number of hydrogen-bond donors (Lipinski definition) is 1. The molecule has 24 heavy (non-hydrogen) atoms. The van der Waals surface area contributed by atoms with Gasteiger partial charge in [-0.1, -0.05) is 6.42 Å². The zero-order valence-electron chi connectivity index (χ0n) is 14.4. The summed E-state index contributed by atoms with van der Waals surface area (Å²) in [7, 11) is 2.08. The molecule has 1 aromatic carbocycles. The summed E-state index contributed by atoms with van der Waals surface area (Å²) >= 11 is 0. The van der Waals surface area contributed by atoms with Crippen LogP contribution in [0.2, 0.25) is 0 Å². The van der Waals surface area contributed by atoms with E-state index in [-0.39, 0.29) is 11.7 Å². The maximum atomic E-state index is 14.4. The Hall–Kier alpha value is -1.66. The monoisotopic (exact) mass is 334 g/mol. The van der Waals surface area contributed by atoms with Crippen molar-refractivity contribution in [3.05, 3.63) is 24.0 Å². The van der Waals surface area contributed by atoms with E-state index < -0.39 is 0 Å². The predicted molar refractivity (Wildman–Crippen MR) is 95.0 cm³/mol. The highest BCUT2D eigenvalue weighted by Crippen LogP contribution is 2.24. The minimum atomic E-state index is -0.268. The highest BCUT2D eigenvalue weighted by molar-refractivity contribution is 5.92. The van der Waals surface area contributed by atoms with Crippen molar-refractivity contribution in [3.8, 4) is 0 Å². The smallest absolute Gasteiger partial charge is 0.238 e. The molecule has 0 unspecified atom stereocenters. The van der Waals surface area contributed by atoms with Crippen LogP contribution in [0.5, 0.6) is 0 Å². The molecule has 0 saturated carbocycles. The lowest BCUT2D eigenvalue weighted by Crippen LogP contribution is -2.44. The number of carbonyl (C=O) groups excluding carboxylic acids is 1. The molecule has 1 N–H and O–H groups in total. The van der Waals surface area contributed by atoms with Gasteiger partial charge >= 0.3 is 0 Å². The summed E-state index contributed by atoms with van der Waals surface area (Å²) in [5.74, 6) is -0.334. The number of hydrogen-bond acceptors (Lipinski definition) is 4. The van der Waals surface area contributed by atoms with E-state index in [9.17, 15) is 9.18 Å². The van der Waals surface area contributed by atoms with E-state index in [1.165, 1.54) is 12.5 Å². The van der Waals surface area contributed by atoms with Gasteiger partial charge < -0.3 is 15.1 Å². The van der Waals surface area contributed by atoms with E-state index in [2.05, 4.69) is 27.1 Å². The number of anilines is 2. The number of benzene rings is 1. The van der Waals surface area contributed by atoms with Crippen LogP contribution in [0.4, 0.5) is 15.8 Å². The van der Waals surface area contributed by atoms with E-state index in [0.29, 0.717) is 17.9 Å². The first-order valence-electron chi connectivity index (χ1n) is 8.87. The number of amides is 1. The second-order valence-corrected chi connectivity index (χ2v) is 6.84. The molecular formula is C18H27FN4O. The Morgan fingerprint density at radius 2 is 1.79 bits per heavy atom. The number of piperidine rings is 1. The normalized spacial score (nSPS) is 20.2. The highest BCUT2D eigenvalue weighted by Gasteiger charge is 2.18. The van der Waals surface area contributed by atoms with Gasteiger partial charge in [0.1, 0.15) is 5.82 Å². The van der Waals surface area contributed by atoms with Crippen molar-refractivity contribution in [1.29, 1.82) is 0 Å². The Morgan fingerprint density at radius 3 is 2.46 bits per heavy atom. The van der Waals surface area contributed by atoms with Gasteiger partial charge in [-0.3, -0.25) is 9.69 Å². The molecule has 0 spiro atoms. The molecule has 0 aliphatic carbocycles. The van der Waals surface area contributed by atoms with Gasteiger partial charge in [0.2, 0.25) is 5.91 Å². The van der Waals surface area contributed by atoms with Gasteiger partial charge in [-0.25, -0.2) is 4.39 Å². The number of likely N-dealkylation sites (tertiary alicyclic amines) is 1. The standard InChI is InChI=1S/C18H27FN4O/c1-21-9-11-23(12-10-21)17-6-5-15(13-16(17)19)20-18(24)14-22-7-3-2-4-8-22/h5-6,13H,2-4,7-12,14H2,1H3,(H,20,24). The van der Waals surface area contributed by atoms with Crippen molar-refractivity contribution >= 4 is 17.3 Å². The third kappa shape index (κ3) is 4.45.